The molecule has 9 heteroatoms. The van der Waals surface area contributed by atoms with Crippen molar-refractivity contribution < 1.29 is 22.4 Å². The van der Waals surface area contributed by atoms with E-state index in [9.17, 15) is 18.0 Å². The fourth-order valence-electron chi connectivity index (χ4n) is 4.76. The topological polar surface area (TPSA) is 109 Å². The predicted molar refractivity (Wildman–Crippen MR) is 109 cm³/mol. The highest BCUT2D eigenvalue weighted by atomic mass is 32.2. The molecule has 1 aliphatic heterocycles. The Bertz CT molecular complexity index is 1150. The van der Waals surface area contributed by atoms with Crippen molar-refractivity contribution in [1.82, 2.24) is 9.62 Å². The molecule has 3 amide bonds. The molecule has 30 heavy (non-hydrogen) atoms. The average Bonchev–Trinajstić information content (AvgIpc) is 3.42. The van der Waals surface area contributed by atoms with E-state index < -0.39 is 21.1 Å². The van der Waals surface area contributed by atoms with Crippen molar-refractivity contribution in [3.63, 3.8) is 0 Å². The van der Waals surface area contributed by atoms with E-state index in [0.717, 1.165) is 55.3 Å². The molecule has 2 aromatic rings. The summed E-state index contributed by atoms with van der Waals surface area (Å²) in [6, 6.07) is 2.62. The molecule has 0 radical (unpaired) electrons. The van der Waals surface area contributed by atoms with Crippen molar-refractivity contribution in [3.05, 3.63) is 45.7 Å². The Morgan fingerprint density at radius 1 is 1.03 bits per heavy atom. The zero-order valence-corrected chi connectivity index (χ0v) is 17.5. The van der Waals surface area contributed by atoms with Crippen LogP contribution >= 0.6 is 0 Å². The molecule has 1 aromatic heterocycles. The highest BCUT2D eigenvalue weighted by Crippen LogP contribution is 2.38. The monoisotopic (exact) mass is 429 g/mol. The van der Waals surface area contributed by atoms with E-state index in [2.05, 4.69) is 11.4 Å². The first-order valence-corrected chi connectivity index (χ1v) is 11.7. The number of nitrogens with one attached hydrogen (secondary N) is 2. The van der Waals surface area contributed by atoms with Crippen LogP contribution in [0.4, 0.5) is 10.5 Å². The highest BCUT2D eigenvalue weighted by molar-refractivity contribution is 7.89. The Kier molecular flexibility index (Phi) is 4.39. The minimum atomic E-state index is -4.24. The van der Waals surface area contributed by atoms with Crippen LogP contribution in [0.2, 0.25) is 0 Å². The lowest BCUT2D eigenvalue weighted by Gasteiger charge is -2.20. The average molecular weight is 429 g/mol. The number of nitrogens with zero attached hydrogens (tertiary/aromatic N) is 1. The van der Waals surface area contributed by atoms with Gasteiger partial charge in [0.1, 0.15) is 5.76 Å². The van der Waals surface area contributed by atoms with Gasteiger partial charge in [-0.25, -0.2) is 9.52 Å². The van der Waals surface area contributed by atoms with Crippen LogP contribution < -0.4 is 10.0 Å². The summed E-state index contributed by atoms with van der Waals surface area (Å²) in [5.41, 5.74) is 5.71. The molecule has 0 unspecified atom stereocenters. The third-order valence-electron chi connectivity index (χ3n) is 6.24. The zero-order chi connectivity index (χ0) is 21.0. The van der Waals surface area contributed by atoms with Crippen molar-refractivity contribution in [1.29, 1.82) is 0 Å². The van der Waals surface area contributed by atoms with Crippen LogP contribution in [0.1, 0.15) is 51.2 Å². The minimum absolute atomic E-state index is 0.225. The molecule has 0 spiro atoms. The molecule has 2 aliphatic carbocycles. The number of sulfonamides is 1. The van der Waals surface area contributed by atoms with Crippen LogP contribution in [0.3, 0.4) is 0 Å². The van der Waals surface area contributed by atoms with Crippen molar-refractivity contribution in [2.75, 3.05) is 18.9 Å². The first-order valence-electron chi connectivity index (χ1n) is 10.2. The number of anilines is 1. The molecule has 0 fully saturated rings. The van der Waals surface area contributed by atoms with Crippen LogP contribution in [0.15, 0.2) is 21.6 Å². The summed E-state index contributed by atoms with van der Waals surface area (Å²) in [4.78, 5) is 26.4. The lowest BCUT2D eigenvalue weighted by Crippen LogP contribution is -2.34. The van der Waals surface area contributed by atoms with Crippen LogP contribution in [-0.4, -0.2) is 38.8 Å². The highest BCUT2D eigenvalue weighted by Gasteiger charge is 2.32. The molecule has 1 aromatic carbocycles. The number of likely N-dealkylation sites (N-methyl/N-ethyl adjacent to an activating group) is 1. The van der Waals surface area contributed by atoms with Crippen LogP contribution in [0.5, 0.6) is 0 Å². The fourth-order valence-corrected chi connectivity index (χ4v) is 5.64. The summed E-state index contributed by atoms with van der Waals surface area (Å²) >= 11 is 0. The number of carbonyl (C=O) groups is 2. The van der Waals surface area contributed by atoms with Crippen LogP contribution in [0.25, 0.3) is 0 Å². The first-order chi connectivity index (χ1) is 14.3. The van der Waals surface area contributed by atoms with E-state index in [1.54, 1.807) is 7.05 Å². The fraction of sp³-hybridized carbons (Fsp3) is 0.429. The molecule has 0 saturated carbocycles. The number of hydrogen-bond donors (Lipinski definition) is 2. The molecule has 158 valence electrons. The van der Waals surface area contributed by atoms with Gasteiger partial charge in [-0.15, -0.1) is 0 Å². The number of hydrogen-bond acceptors (Lipinski definition) is 5. The summed E-state index contributed by atoms with van der Waals surface area (Å²) < 4.78 is 32.9. The maximum absolute atomic E-state index is 12.7. The Balaban J connectivity index is 1.39. The van der Waals surface area contributed by atoms with Gasteiger partial charge in [-0.05, 0) is 60.8 Å². The quantitative estimate of drug-likeness (QED) is 0.779. The summed E-state index contributed by atoms with van der Waals surface area (Å²) in [6.45, 7) is 0.455. The minimum Gasteiger partial charge on any atom is -0.447 e. The number of rotatable bonds is 3. The Hall–Kier alpha value is -2.81. The second-order valence-electron chi connectivity index (χ2n) is 8.17. The van der Waals surface area contributed by atoms with Crippen LogP contribution in [0, 0.1) is 0 Å². The maximum atomic E-state index is 12.7. The number of fused-ring (bicyclic) bond motifs is 3. The Morgan fingerprint density at radius 3 is 2.37 bits per heavy atom. The lowest BCUT2D eigenvalue weighted by atomic mass is 9.99. The van der Waals surface area contributed by atoms with Crippen molar-refractivity contribution in [2.24, 2.45) is 0 Å². The second-order valence-corrected chi connectivity index (χ2v) is 9.79. The van der Waals surface area contributed by atoms with E-state index in [4.69, 9.17) is 4.42 Å². The number of urea groups is 1. The van der Waals surface area contributed by atoms with Gasteiger partial charge < -0.3 is 14.6 Å². The number of furan rings is 1. The Morgan fingerprint density at radius 2 is 1.70 bits per heavy atom. The molecule has 3 aliphatic rings. The molecule has 2 N–H and O–H groups in total. The zero-order valence-electron chi connectivity index (χ0n) is 16.7. The van der Waals surface area contributed by atoms with Gasteiger partial charge in [0.25, 0.3) is 15.9 Å². The molecular formula is C21H23N3O5S. The summed E-state index contributed by atoms with van der Waals surface area (Å²) in [5.74, 6) is 0.0406. The van der Waals surface area contributed by atoms with Gasteiger partial charge in [0.15, 0.2) is 0 Å². The molecule has 2 heterocycles. The normalized spacial score (nSPS) is 17.5. The molecule has 5 rings (SSSR count). The first kappa shape index (κ1) is 19.2. The number of amides is 3. The van der Waals surface area contributed by atoms with Gasteiger partial charge in [-0.2, -0.15) is 8.42 Å². The van der Waals surface area contributed by atoms with E-state index in [0.29, 0.717) is 18.7 Å². The van der Waals surface area contributed by atoms with E-state index in [1.807, 2.05) is 4.72 Å². The van der Waals surface area contributed by atoms with Crippen molar-refractivity contribution >= 4 is 27.6 Å². The van der Waals surface area contributed by atoms with Crippen LogP contribution in [-0.2, 0) is 42.1 Å². The standard InChI is InChI=1S/C21H23N3O5S/c1-24-9-8-17-16(20(24)25)11-18(29-17)30(27,28)23-21(26)22-19-14-6-2-4-12(14)10-13-5-3-7-15(13)19/h10-11H,2-9H2,1H3,(H2,22,23,26). The maximum Gasteiger partial charge on any atom is 0.333 e. The van der Waals surface area contributed by atoms with Crippen molar-refractivity contribution in [2.45, 2.75) is 50.0 Å². The Labute approximate surface area is 174 Å². The summed E-state index contributed by atoms with van der Waals surface area (Å²) in [7, 11) is -2.59. The van der Waals surface area contributed by atoms with Crippen molar-refractivity contribution in [3.8, 4) is 0 Å². The second kappa shape index (κ2) is 6.87. The smallest absolute Gasteiger partial charge is 0.333 e. The van der Waals surface area contributed by atoms with Gasteiger partial charge in [-0.3, -0.25) is 4.79 Å². The van der Waals surface area contributed by atoms with Gasteiger partial charge in [0.05, 0.1) is 5.56 Å². The third kappa shape index (κ3) is 3.08. The summed E-state index contributed by atoms with van der Waals surface area (Å²) in [5, 5.41) is 2.38. The van der Waals surface area contributed by atoms with Gasteiger partial charge in [0, 0.05) is 31.8 Å². The predicted octanol–water partition coefficient (Wildman–Crippen LogP) is 2.40. The number of aryl methyl sites for hydroxylation is 2. The number of benzene rings is 1. The van der Waals surface area contributed by atoms with E-state index in [-0.39, 0.29) is 11.5 Å². The number of carbonyl (C=O) groups excluding carboxylic acids is 2. The van der Waals surface area contributed by atoms with Gasteiger partial charge in [-0.1, -0.05) is 6.07 Å². The molecule has 0 saturated heterocycles. The largest absolute Gasteiger partial charge is 0.447 e. The summed E-state index contributed by atoms with van der Waals surface area (Å²) in [6.07, 6.45) is 6.23. The van der Waals surface area contributed by atoms with E-state index in [1.165, 1.54) is 22.1 Å². The molecule has 8 nitrogen and oxygen atoms in total. The third-order valence-corrected chi connectivity index (χ3v) is 7.43. The lowest BCUT2D eigenvalue weighted by molar-refractivity contribution is 0.0774. The van der Waals surface area contributed by atoms with Gasteiger partial charge >= 0.3 is 6.03 Å². The molecule has 0 atom stereocenters. The van der Waals surface area contributed by atoms with E-state index >= 15 is 0 Å². The molecular weight excluding hydrogens is 406 g/mol. The molecule has 0 bridgehead atoms. The SMILES string of the molecule is CN1CCc2oc(S(=O)(=O)NC(=O)Nc3c4c(cc5c3CCC5)CCC4)cc2C1=O. The van der Waals surface area contributed by atoms with Gasteiger partial charge in [0.2, 0.25) is 5.09 Å².